The van der Waals surface area contributed by atoms with Crippen LogP contribution in [0.2, 0.25) is 10.0 Å². The smallest absolute Gasteiger partial charge is 0.242 e. The highest BCUT2D eigenvalue weighted by molar-refractivity contribution is 7.99. The van der Waals surface area contributed by atoms with Gasteiger partial charge in [0.15, 0.2) is 5.84 Å². The summed E-state index contributed by atoms with van der Waals surface area (Å²) in [6.07, 6.45) is 0.603. The Balaban J connectivity index is 1.18. The molecule has 5 aromatic carbocycles. The quantitative estimate of drug-likeness (QED) is 0.177. The molecule has 50 heavy (non-hydrogen) atoms. The van der Waals surface area contributed by atoms with Crippen molar-refractivity contribution in [3.05, 3.63) is 160 Å². The van der Waals surface area contributed by atoms with Gasteiger partial charge in [-0.3, -0.25) is 4.90 Å². The van der Waals surface area contributed by atoms with Crippen LogP contribution in [0.3, 0.4) is 0 Å². The fourth-order valence-corrected chi connectivity index (χ4v) is 8.99. The molecule has 9 heteroatoms. The van der Waals surface area contributed by atoms with Crippen LogP contribution in [0, 0.1) is 0 Å². The lowest BCUT2D eigenvalue weighted by Gasteiger charge is -2.39. The summed E-state index contributed by atoms with van der Waals surface area (Å²) in [5.74, 6) is 1.77. The molecule has 3 aliphatic rings. The summed E-state index contributed by atoms with van der Waals surface area (Å²) in [7, 11) is 0. The van der Waals surface area contributed by atoms with Crippen LogP contribution in [0.4, 0.5) is 17.2 Å². The number of hydrogen-bond donors (Lipinski definition) is 0. The summed E-state index contributed by atoms with van der Waals surface area (Å²) in [6, 6.07) is 45.8. The molecule has 0 aliphatic carbocycles. The summed E-state index contributed by atoms with van der Waals surface area (Å²) in [5.41, 5.74) is 5.42. The number of rotatable bonds is 5. The second-order valence-corrected chi connectivity index (χ2v) is 14.9. The molecular formula is C41H33Cl2N5OS. The van der Waals surface area contributed by atoms with Crippen molar-refractivity contribution in [1.82, 2.24) is 4.98 Å². The first kappa shape index (κ1) is 31.3. The lowest BCUT2D eigenvalue weighted by Crippen LogP contribution is -2.48. The minimum absolute atomic E-state index is 0.0316. The lowest BCUT2D eigenvalue weighted by molar-refractivity contribution is -0.0283. The zero-order valence-electron chi connectivity index (χ0n) is 27.1. The molecule has 2 unspecified atom stereocenters. The van der Waals surface area contributed by atoms with E-state index in [2.05, 4.69) is 112 Å². The highest BCUT2D eigenvalue weighted by atomic mass is 35.5. The fraction of sp³-hybridized carbons (Fsp3) is 0.171. The van der Waals surface area contributed by atoms with Gasteiger partial charge < -0.3 is 14.6 Å². The zero-order valence-corrected chi connectivity index (χ0v) is 29.5. The normalized spacial score (nSPS) is 20.2. The van der Waals surface area contributed by atoms with E-state index in [1.807, 2.05) is 48.2 Å². The van der Waals surface area contributed by atoms with E-state index in [1.165, 1.54) is 11.3 Å². The van der Waals surface area contributed by atoms with E-state index in [4.69, 9.17) is 38.2 Å². The van der Waals surface area contributed by atoms with E-state index in [1.54, 1.807) is 0 Å². The molecule has 2 atom stereocenters. The minimum Gasteiger partial charge on any atom is -0.368 e. The van der Waals surface area contributed by atoms with Crippen LogP contribution in [-0.2, 0) is 10.6 Å². The molecule has 6 nitrogen and oxygen atoms in total. The lowest BCUT2D eigenvalue weighted by atomic mass is 9.91. The third-order valence-electron chi connectivity index (χ3n) is 9.87. The van der Waals surface area contributed by atoms with Crippen molar-refractivity contribution in [2.45, 2.75) is 22.3 Å². The molecule has 4 heterocycles. The van der Waals surface area contributed by atoms with Gasteiger partial charge in [0.05, 0.1) is 11.2 Å². The van der Waals surface area contributed by atoms with Crippen LogP contribution < -0.4 is 14.7 Å². The Kier molecular flexibility index (Phi) is 8.07. The SMILES string of the molecule is Clc1ccc(C2=NOC3(c4ccc(Cl)cc4)CC(c4cc5ccccc5nc4N4CCN(c5ccccc5)CC4)Sc4ccccc4N23)cc1. The van der Waals surface area contributed by atoms with Gasteiger partial charge in [-0.05, 0) is 72.8 Å². The molecule has 6 aromatic rings. The van der Waals surface area contributed by atoms with Gasteiger partial charge in [0.1, 0.15) is 5.82 Å². The maximum absolute atomic E-state index is 6.78. The van der Waals surface area contributed by atoms with Crippen LogP contribution in [0.1, 0.15) is 28.4 Å². The summed E-state index contributed by atoms with van der Waals surface area (Å²) >= 11 is 14.7. The predicted octanol–water partition coefficient (Wildman–Crippen LogP) is 10.2. The van der Waals surface area contributed by atoms with Crippen molar-refractivity contribution in [2.75, 3.05) is 40.9 Å². The number of piperazine rings is 1. The number of para-hydroxylation sites is 3. The van der Waals surface area contributed by atoms with E-state index >= 15 is 0 Å². The average Bonchev–Trinajstić information content (AvgIpc) is 3.47. The van der Waals surface area contributed by atoms with Crippen LogP contribution in [0.15, 0.2) is 144 Å². The largest absolute Gasteiger partial charge is 0.368 e. The van der Waals surface area contributed by atoms with Crippen molar-refractivity contribution in [2.24, 2.45) is 5.16 Å². The van der Waals surface area contributed by atoms with Gasteiger partial charge in [-0.15, -0.1) is 11.8 Å². The van der Waals surface area contributed by atoms with Crippen molar-refractivity contribution in [3.63, 3.8) is 0 Å². The maximum atomic E-state index is 6.78. The molecule has 248 valence electrons. The highest BCUT2D eigenvalue weighted by Crippen LogP contribution is 2.57. The number of oxime groups is 1. The summed E-state index contributed by atoms with van der Waals surface area (Å²) in [5, 5.41) is 7.28. The molecule has 1 fully saturated rings. The predicted molar refractivity (Wildman–Crippen MR) is 207 cm³/mol. The molecule has 0 amide bonds. The molecule has 1 saturated heterocycles. The molecule has 0 radical (unpaired) electrons. The van der Waals surface area contributed by atoms with E-state index in [-0.39, 0.29) is 5.25 Å². The molecule has 0 N–H and O–H groups in total. The minimum atomic E-state index is -0.960. The third-order valence-corrected chi connectivity index (χ3v) is 11.7. The summed E-state index contributed by atoms with van der Waals surface area (Å²) in [4.78, 5) is 20.5. The first-order valence-corrected chi connectivity index (χ1v) is 18.5. The molecule has 0 spiro atoms. The Bertz CT molecular complexity index is 2210. The number of aromatic nitrogens is 1. The van der Waals surface area contributed by atoms with Crippen molar-refractivity contribution < 1.29 is 4.84 Å². The van der Waals surface area contributed by atoms with Crippen molar-refractivity contribution in [3.8, 4) is 0 Å². The van der Waals surface area contributed by atoms with Crippen LogP contribution in [0.5, 0.6) is 0 Å². The number of benzene rings is 5. The zero-order chi connectivity index (χ0) is 33.7. The second kappa shape index (κ2) is 12.9. The Morgan fingerprint density at radius 1 is 0.700 bits per heavy atom. The molecule has 9 rings (SSSR count). The fourth-order valence-electron chi connectivity index (χ4n) is 7.39. The van der Waals surface area contributed by atoms with E-state index in [9.17, 15) is 0 Å². The number of thioether (sulfide) groups is 1. The number of anilines is 3. The van der Waals surface area contributed by atoms with Crippen LogP contribution in [-0.4, -0.2) is 37.0 Å². The number of fused-ring (bicyclic) bond motifs is 4. The van der Waals surface area contributed by atoms with E-state index in [0.29, 0.717) is 16.5 Å². The molecular weight excluding hydrogens is 681 g/mol. The second-order valence-electron chi connectivity index (χ2n) is 12.8. The number of pyridine rings is 1. The van der Waals surface area contributed by atoms with Gasteiger partial charge in [0.25, 0.3) is 0 Å². The maximum Gasteiger partial charge on any atom is 0.242 e. The Morgan fingerprint density at radius 2 is 1.36 bits per heavy atom. The highest BCUT2D eigenvalue weighted by Gasteiger charge is 2.53. The van der Waals surface area contributed by atoms with E-state index < -0.39 is 5.72 Å². The first-order chi connectivity index (χ1) is 24.6. The monoisotopic (exact) mass is 713 g/mol. The Hall–Kier alpha value is -4.69. The average molecular weight is 715 g/mol. The topological polar surface area (TPSA) is 44.2 Å². The van der Waals surface area contributed by atoms with Crippen LogP contribution in [0.25, 0.3) is 10.9 Å². The van der Waals surface area contributed by atoms with Gasteiger partial charge in [0, 0.05) is 80.6 Å². The number of nitrogens with zero attached hydrogens (tertiary/aromatic N) is 5. The standard InChI is InChI=1S/C41H33Cl2N5OS/c42-31-18-14-28(15-19-31)39-45-49-41(30-16-20-32(43)21-17-30)27-38(50-37-13-7-6-12-36(37)48(39)41)34-26-29-8-4-5-11-35(29)44-40(34)47-24-22-46(23-25-47)33-9-2-1-3-10-33/h1-21,26,38H,22-25,27H2. The molecule has 3 aliphatic heterocycles. The van der Waals surface area contributed by atoms with Gasteiger partial charge >= 0.3 is 0 Å². The summed E-state index contributed by atoms with van der Waals surface area (Å²) in [6.45, 7) is 3.58. The Morgan fingerprint density at radius 3 is 2.14 bits per heavy atom. The van der Waals surface area contributed by atoms with Gasteiger partial charge in [-0.25, -0.2) is 4.98 Å². The number of halogens is 2. The Labute approximate surface area is 305 Å². The van der Waals surface area contributed by atoms with Crippen molar-refractivity contribution >= 4 is 68.9 Å². The van der Waals surface area contributed by atoms with Crippen LogP contribution >= 0.6 is 35.0 Å². The van der Waals surface area contributed by atoms with Crippen molar-refractivity contribution in [1.29, 1.82) is 0 Å². The molecule has 1 aromatic heterocycles. The van der Waals surface area contributed by atoms with Gasteiger partial charge in [-0.2, -0.15) is 0 Å². The molecule has 0 bridgehead atoms. The number of hydrogen-bond acceptors (Lipinski definition) is 7. The van der Waals surface area contributed by atoms with E-state index in [0.717, 1.165) is 70.4 Å². The summed E-state index contributed by atoms with van der Waals surface area (Å²) < 4.78 is 0. The first-order valence-electron chi connectivity index (χ1n) is 16.8. The van der Waals surface area contributed by atoms with Gasteiger partial charge in [0.2, 0.25) is 5.72 Å². The molecule has 0 saturated carbocycles. The third kappa shape index (κ3) is 5.54. The van der Waals surface area contributed by atoms with Gasteiger partial charge in [-0.1, -0.05) is 89.0 Å². The number of amidine groups is 1.